The van der Waals surface area contributed by atoms with Crippen LogP contribution in [0.1, 0.15) is 34.1 Å². The molecule has 1 aliphatic heterocycles. The number of aromatic nitrogens is 5. The molecular formula is C30H35N7O6. The molecule has 0 saturated heterocycles. The number of nitrogens with one attached hydrogen (secondary N) is 1. The van der Waals surface area contributed by atoms with Gasteiger partial charge in [0.15, 0.2) is 17.2 Å². The molecular weight excluding hydrogens is 554 g/mol. The fraction of sp³-hybridized carbons (Fsp3) is 0.367. The van der Waals surface area contributed by atoms with Crippen molar-refractivity contribution in [2.45, 2.75) is 40.3 Å². The summed E-state index contributed by atoms with van der Waals surface area (Å²) in [5.74, 6) is 0.924. The predicted octanol–water partition coefficient (Wildman–Crippen LogP) is 2.40. The molecule has 4 aromatic rings. The lowest BCUT2D eigenvalue weighted by molar-refractivity contribution is 0.0939. The Morgan fingerprint density at radius 2 is 1.84 bits per heavy atom. The molecule has 43 heavy (non-hydrogen) atoms. The van der Waals surface area contributed by atoms with E-state index in [1.807, 2.05) is 51.1 Å². The van der Waals surface area contributed by atoms with Gasteiger partial charge in [-0.15, -0.1) is 0 Å². The first kappa shape index (κ1) is 29.4. The lowest BCUT2D eigenvalue weighted by atomic mass is 9.97. The van der Waals surface area contributed by atoms with E-state index in [0.717, 1.165) is 22.3 Å². The van der Waals surface area contributed by atoms with Crippen LogP contribution in [-0.2, 0) is 26.6 Å². The molecule has 3 heterocycles. The van der Waals surface area contributed by atoms with Gasteiger partial charge < -0.3 is 24.6 Å². The SMILES string of the molecule is CCOc1cc2c(cc1OC)-c1cc(=Nc3c(C)cc(OC)cc3C)n(CCNC(=O)c3c(O)nnn3C)c(=O)n1CC2. The number of nitrogens with zero attached hydrogens (tertiary/aromatic N) is 6. The monoisotopic (exact) mass is 589 g/mol. The number of rotatable bonds is 9. The highest BCUT2D eigenvalue weighted by molar-refractivity contribution is 5.94. The Bertz CT molecular complexity index is 1790. The van der Waals surface area contributed by atoms with Crippen molar-refractivity contribution in [2.24, 2.45) is 12.0 Å². The second-order valence-electron chi connectivity index (χ2n) is 10.2. The van der Waals surface area contributed by atoms with Gasteiger partial charge in [0.2, 0.25) is 0 Å². The number of aryl methyl sites for hydroxylation is 4. The van der Waals surface area contributed by atoms with Crippen molar-refractivity contribution in [3.63, 3.8) is 0 Å². The van der Waals surface area contributed by atoms with E-state index >= 15 is 0 Å². The fourth-order valence-electron chi connectivity index (χ4n) is 5.36. The fourth-order valence-corrected chi connectivity index (χ4v) is 5.36. The first-order valence-corrected chi connectivity index (χ1v) is 13.9. The quantitative estimate of drug-likeness (QED) is 0.303. The smallest absolute Gasteiger partial charge is 0.330 e. The summed E-state index contributed by atoms with van der Waals surface area (Å²) >= 11 is 0. The summed E-state index contributed by atoms with van der Waals surface area (Å²) in [6.45, 7) is 6.98. The minimum Gasteiger partial charge on any atom is -0.497 e. The molecule has 13 heteroatoms. The minimum atomic E-state index is -0.560. The molecule has 0 spiro atoms. The van der Waals surface area contributed by atoms with Crippen LogP contribution in [0.3, 0.4) is 0 Å². The van der Waals surface area contributed by atoms with Gasteiger partial charge in [0.1, 0.15) is 11.2 Å². The number of carbonyl (C=O) groups is 1. The van der Waals surface area contributed by atoms with Gasteiger partial charge in [0, 0.05) is 38.3 Å². The molecule has 0 bridgehead atoms. The molecule has 0 aliphatic carbocycles. The van der Waals surface area contributed by atoms with Gasteiger partial charge >= 0.3 is 5.69 Å². The van der Waals surface area contributed by atoms with E-state index in [2.05, 4.69) is 15.6 Å². The summed E-state index contributed by atoms with van der Waals surface area (Å²) < 4.78 is 21.3. The molecule has 0 atom stereocenters. The summed E-state index contributed by atoms with van der Waals surface area (Å²) in [4.78, 5) is 31.8. The third kappa shape index (κ3) is 5.57. The number of fused-ring (bicyclic) bond motifs is 3. The Balaban J connectivity index is 1.63. The number of ether oxygens (including phenoxy) is 3. The second-order valence-corrected chi connectivity index (χ2v) is 10.2. The molecule has 5 rings (SSSR count). The van der Waals surface area contributed by atoms with Crippen LogP contribution in [0, 0.1) is 13.8 Å². The van der Waals surface area contributed by atoms with Gasteiger partial charge in [0.25, 0.3) is 11.8 Å². The average Bonchev–Trinajstić information content (AvgIpc) is 3.33. The van der Waals surface area contributed by atoms with Crippen LogP contribution in [0.2, 0.25) is 0 Å². The Kier molecular flexibility index (Phi) is 8.24. The lowest BCUT2D eigenvalue weighted by Gasteiger charge is -2.25. The minimum absolute atomic E-state index is 0.0708. The van der Waals surface area contributed by atoms with E-state index in [-0.39, 0.29) is 24.5 Å². The molecule has 2 aromatic heterocycles. The van der Waals surface area contributed by atoms with Gasteiger partial charge in [-0.1, -0.05) is 10.3 Å². The number of aromatic hydroxyl groups is 1. The molecule has 2 aromatic carbocycles. The molecule has 0 saturated carbocycles. The predicted molar refractivity (Wildman–Crippen MR) is 158 cm³/mol. The number of hydrogen-bond acceptors (Lipinski definition) is 9. The van der Waals surface area contributed by atoms with E-state index in [4.69, 9.17) is 19.2 Å². The number of carbonyl (C=O) groups excluding carboxylic acids is 1. The van der Waals surface area contributed by atoms with Crippen LogP contribution in [-0.4, -0.2) is 62.5 Å². The number of amides is 1. The third-order valence-corrected chi connectivity index (χ3v) is 7.44. The Morgan fingerprint density at radius 3 is 2.47 bits per heavy atom. The molecule has 0 radical (unpaired) electrons. The zero-order valence-electron chi connectivity index (χ0n) is 25.1. The van der Waals surface area contributed by atoms with Crippen LogP contribution in [0.5, 0.6) is 23.1 Å². The average molecular weight is 590 g/mol. The van der Waals surface area contributed by atoms with Crippen LogP contribution in [0.4, 0.5) is 5.69 Å². The first-order valence-electron chi connectivity index (χ1n) is 13.9. The zero-order valence-corrected chi connectivity index (χ0v) is 25.1. The van der Waals surface area contributed by atoms with Crippen molar-refractivity contribution < 1.29 is 24.1 Å². The summed E-state index contributed by atoms with van der Waals surface area (Å²) in [5.41, 5.74) is 5.19. The highest BCUT2D eigenvalue weighted by atomic mass is 16.5. The lowest BCUT2D eigenvalue weighted by Crippen LogP contribution is -2.44. The molecule has 0 unspecified atom stereocenters. The van der Waals surface area contributed by atoms with Crippen molar-refractivity contribution in [1.29, 1.82) is 0 Å². The highest BCUT2D eigenvalue weighted by Crippen LogP contribution is 2.38. The topological polar surface area (TPSA) is 147 Å². The van der Waals surface area contributed by atoms with E-state index in [0.29, 0.717) is 53.7 Å². The molecule has 13 nitrogen and oxygen atoms in total. The largest absolute Gasteiger partial charge is 0.497 e. The normalized spacial score (nSPS) is 12.5. The van der Waals surface area contributed by atoms with Gasteiger partial charge in [-0.2, -0.15) is 0 Å². The van der Waals surface area contributed by atoms with E-state index in [1.165, 1.54) is 11.7 Å². The van der Waals surface area contributed by atoms with E-state index < -0.39 is 11.8 Å². The summed E-state index contributed by atoms with van der Waals surface area (Å²) in [5, 5.41) is 19.8. The van der Waals surface area contributed by atoms with Crippen molar-refractivity contribution in [3.8, 4) is 34.4 Å². The Labute approximate surface area is 248 Å². The summed E-state index contributed by atoms with van der Waals surface area (Å²) in [6.07, 6.45) is 0.628. The van der Waals surface area contributed by atoms with Gasteiger partial charge in [0.05, 0.1) is 32.2 Å². The second kappa shape index (κ2) is 12.0. The van der Waals surface area contributed by atoms with Crippen molar-refractivity contribution in [1.82, 2.24) is 29.4 Å². The van der Waals surface area contributed by atoms with E-state index in [9.17, 15) is 14.7 Å². The van der Waals surface area contributed by atoms with Gasteiger partial charge in [-0.25, -0.2) is 14.5 Å². The molecule has 2 N–H and O–H groups in total. The number of hydrogen-bond donors (Lipinski definition) is 2. The van der Waals surface area contributed by atoms with Crippen LogP contribution in [0.15, 0.2) is 40.1 Å². The van der Waals surface area contributed by atoms with Crippen LogP contribution >= 0.6 is 0 Å². The standard InChI is InChI=1S/C30H35N7O6/c1-7-43-24-14-19-8-10-36-22(21(19)15-23(24)42-6)16-25(32-26-17(2)12-20(41-5)13-18(26)3)37(30(36)40)11-9-31-28(38)27-29(39)33-34-35(27)4/h12-16,39H,7-11H2,1-6H3,(H,31,38). The van der Waals surface area contributed by atoms with Crippen LogP contribution < -0.4 is 30.7 Å². The Hall–Kier alpha value is -5.07. The molecule has 226 valence electrons. The maximum atomic E-state index is 14.1. The summed E-state index contributed by atoms with van der Waals surface area (Å²) in [7, 11) is 4.71. The van der Waals surface area contributed by atoms with Crippen molar-refractivity contribution in [3.05, 3.63) is 68.7 Å². The number of methoxy groups -OCH3 is 2. The van der Waals surface area contributed by atoms with Gasteiger partial charge in [-0.3, -0.25) is 13.9 Å². The zero-order chi connectivity index (χ0) is 30.8. The maximum absolute atomic E-state index is 14.1. The van der Waals surface area contributed by atoms with Crippen LogP contribution in [0.25, 0.3) is 11.3 Å². The molecule has 0 fully saturated rings. The van der Waals surface area contributed by atoms with Gasteiger partial charge in [-0.05, 0) is 68.1 Å². The van der Waals surface area contributed by atoms with E-state index in [1.54, 1.807) is 23.4 Å². The molecule has 1 amide bonds. The maximum Gasteiger partial charge on any atom is 0.330 e. The first-order chi connectivity index (χ1) is 20.7. The highest BCUT2D eigenvalue weighted by Gasteiger charge is 2.23. The number of benzene rings is 2. The molecule has 1 aliphatic rings. The Morgan fingerprint density at radius 1 is 1.09 bits per heavy atom. The van der Waals surface area contributed by atoms with Crippen molar-refractivity contribution in [2.75, 3.05) is 27.4 Å². The third-order valence-electron chi connectivity index (χ3n) is 7.44. The van der Waals surface area contributed by atoms with Crippen molar-refractivity contribution >= 4 is 11.6 Å². The summed E-state index contributed by atoms with van der Waals surface area (Å²) in [6, 6.07) is 9.55.